The van der Waals surface area contributed by atoms with Gasteiger partial charge in [0, 0.05) is 5.69 Å². The van der Waals surface area contributed by atoms with Gasteiger partial charge in [-0.1, -0.05) is 6.92 Å². The Morgan fingerprint density at radius 3 is 2.67 bits per heavy atom. The van der Waals surface area contributed by atoms with Gasteiger partial charge in [-0.15, -0.1) is 0 Å². The van der Waals surface area contributed by atoms with E-state index in [9.17, 15) is 0 Å². The first-order valence-electron chi connectivity index (χ1n) is 6.40. The summed E-state index contributed by atoms with van der Waals surface area (Å²) in [6.07, 6.45) is 0. The third kappa shape index (κ3) is 2.82. The van der Waals surface area contributed by atoms with E-state index in [1.54, 1.807) is 0 Å². The standard InChI is InChI=1S/C14H21N3O/c1-5-15-8-14-10(2)6-13(18-14)9-17-12(4)7-11(3)16-17/h6-7,15H,5,8-9H2,1-4H3. The molecule has 0 spiro atoms. The first-order valence-corrected chi connectivity index (χ1v) is 6.40. The highest BCUT2D eigenvalue weighted by Gasteiger charge is 2.09. The number of nitrogens with zero attached hydrogens (tertiary/aromatic N) is 2. The molecule has 4 heteroatoms. The van der Waals surface area contributed by atoms with Gasteiger partial charge in [-0.3, -0.25) is 4.68 Å². The van der Waals surface area contributed by atoms with Crippen molar-refractivity contribution in [3.05, 3.63) is 40.6 Å². The first-order chi connectivity index (χ1) is 8.60. The summed E-state index contributed by atoms with van der Waals surface area (Å²) in [6.45, 7) is 10.7. The van der Waals surface area contributed by atoms with E-state index in [1.807, 2.05) is 11.6 Å². The third-order valence-electron chi connectivity index (χ3n) is 3.02. The van der Waals surface area contributed by atoms with Crippen LogP contribution in [0.2, 0.25) is 0 Å². The zero-order valence-electron chi connectivity index (χ0n) is 11.6. The van der Waals surface area contributed by atoms with E-state index < -0.39 is 0 Å². The van der Waals surface area contributed by atoms with Crippen LogP contribution in [0.25, 0.3) is 0 Å². The van der Waals surface area contributed by atoms with Crippen LogP contribution in [0, 0.1) is 20.8 Å². The van der Waals surface area contributed by atoms with E-state index in [4.69, 9.17) is 4.42 Å². The zero-order chi connectivity index (χ0) is 13.1. The van der Waals surface area contributed by atoms with Crippen LogP contribution in [-0.4, -0.2) is 16.3 Å². The van der Waals surface area contributed by atoms with Crippen LogP contribution >= 0.6 is 0 Å². The Balaban J connectivity index is 2.12. The number of hydrogen-bond acceptors (Lipinski definition) is 3. The number of aryl methyl sites for hydroxylation is 3. The molecule has 0 aliphatic rings. The molecule has 0 atom stereocenters. The molecule has 2 rings (SSSR count). The quantitative estimate of drug-likeness (QED) is 0.883. The molecule has 0 aliphatic carbocycles. The second-order valence-electron chi connectivity index (χ2n) is 4.68. The minimum Gasteiger partial charge on any atom is -0.462 e. The molecule has 0 unspecified atom stereocenters. The van der Waals surface area contributed by atoms with Crippen molar-refractivity contribution >= 4 is 0 Å². The largest absolute Gasteiger partial charge is 0.462 e. The molecular formula is C14H21N3O. The van der Waals surface area contributed by atoms with Crippen LogP contribution in [0.4, 0.5) is 0 Å². The summed E-state index contributed by atoms with van der Waals surface area (Å²) < 4.78 is 7.84. The molecule has 0 saturated carbocycles. The lowest BCUT2D eigenvalue weighted by atomic mass is 10.2. The van der Waals surface area contributed by atoms with E-state index in [1.165, 1.54) is 5.56 Å². The molecule has 1 N–H and O–H groups in total. The van der Waals surface area contributed by atoms with E-state index in [-0.39, 0.29) is 0 Å². The molecule has 0 radical (unpaired) electrons. The summed E-state index contributed by atoms with van der Waals surface area (Å²) in [4.78, 5) is 0. The summed E-state index contributed by atoms with van der Waals surface area (Å²) in [5.74, 6) is 1.99. The Morgan fingerprint density at radius 1 is 1.28 bits per heavy atom. The van der Waals surface area contributed by atoms with Gasteiger partial charge in [0.2, 0.25) is 0 Å². The molecule has 98 valence electrons. The fourth-order valence-electron chi connectivity index (χ4n) is 2.06. The van der Waals surface area contributed by atoms with E-state index in [2.05, 4.69) is 43.3 Å². The molecule has 0 fully saturated rings. The van der Waals surface area contributed by atoms with E-state index in [0.717, 1.165) is 36.0 Å². The minimum absolute atomic E-state index is 0.701. The topological polar surface area (TPSA) is 43.0 Å². The van der Waals surface area contributed by atoms with Crippen LogP contribution in [0.5, 0.6) is 0 Å². The van der Waals surface area contributed by atoms with E-state index >= 15 is 0 Å². The molecule has 4 nitrogen and oxygen atoms in total. The molecule has 2 aromatic heterocycles. The molecule has 0 bridgehead atoms. The minimum atomic E-state index is 0.701. The van der Waals surface area contributed by atoms with Crippen LogP contribution < -0.4 is 5.32 Å². The van der Waals surface area contributed by atoms with Crippen molar-refractivity contribution in [1.29, 1.82) is 0 Å². The lowest BCUT2D eigenvalue weighted by molar-refractivity contribution is 0.428. The molecule has 0 aromatic carbocycles. The molecule has 2 heterocycles. The van der Waals surface area contributed by atoms with Crippen LogP contribution in [0.3, 0.4) is 0 Å². The Morgan fingerprint density at radius 2 is 2.06 bits per heavy atom. The number of hydrogen-bond donors (Lipinski definition) is 1. The number of rotatable bonds is 5. The molecule has 0 aliphatic heterocycles. The summed E-state index contributed by atoms with van der Waals surface area (Å²) in [5, 5.41) is 7.73. The van der Waals surface area contributed by atoms with Crippen molar-refractivity contribution in [3.63, 3.8) is 0 Å². The van der Waals surface area contributed by atoms with Gasteiger partial charge in [0.15, 0.2) is 0 Å². The number of furan rings is 1. The highest BCUT2D eigenvalue weighted by atomic mass is 16.3. The normalized spacial score (nSPS) is 11.1. The summed E-state index contributed by atoms with van der Waals surface area (Å²) in [7, 11) is 0. The van der Waals surface area contributed by atoms with Crippen molar-refractivity contribution < 1.29 is 4.42 Å². The van der Waals surface area contributed by atoms with Crippen molar-refractivity contribution in [2.24, 2.45) is 0 Å². The lowest BCUT2D eigenvalue weighted by Gasteiger charge is -2.01. The third-order valence-corrected chi connectivity index (χ3v) is 3.02. The average Bonchev–Trinajstić information content (AvgIpc) is 2.80. The first kappa shape index (κ1) is 12.9. The van der Waals surface area contributed by atoms with Gasteiger partial charge in [-0.05, 0) is 45.0 Å². The molecule has 0 amide bonds. The maximum atomic E-state index is 5.86. The van der Waals surface area contributed by atoms with Crippen molar-refractivity contribution in [3.8, 4) is 0 Å². The zero-order valence-corrected chi connectivity index (χ0v) is 11.6. The Bertz CT molecular complexity index is 525. The SMILES string of the molecule is CCNCc1oc(Cn2nc(C)cc2C)cc1C. The van der Waals surface area contributed by atoms with Crippen LogP contribution in [0.15, 0.2) is 16.5 Å². The van der Waals surface area contributed by atoms with Gasteiger partial charge >= 0.3 is 0 Å². The molecular weight excluding hydrogens is 226 g/mol. The fraction of sp³-hybridized carbons (Fsp3) is 0.500. The number of nitrogens with one attached hydrogen (secondary N) is 1. The maximum absolute atomic E-state index is 5.86. The molecule has 18 heavy (non-hydrogen) atoms. The predicted octanol–water partition coefficient (Wildman–Crippen LogP) is 2.56. The second-order valence-corrected chi connectivity index (χ2v) is 4.68. The molecule has 0 saturated heterocycles. The number of aromatic nitrogens is 2. The monoisotopic (exact) mass is 247 g/mol. The Kier molecular flexibility index (Phi) is 3.87. The van der Waals surface area contributed by atoms with Gasteiger partial charge in [0.1, 0.15) is 11.5 Å². The maximum Gasteiger partial charge on any atom is 0.126 e. The summed E-state index contributed by atoms with van der Waals surface area (Å²) >= 11 is 0. The Labute approximate surface area is 108 Å². The van der Waals surface area contributed by atoms with Gasteiger partial charge in [-0.2, -0.15) is 5.10 Å². The van der Waals surface area contributed by atoms with Crippen molar-refractivity contribution in [1.82, 2.24) is 15.1 Å². The highest BCUT2D eigenvalue weighted by molar-refractivity contribution is 5.20. The lowest BCUT2D eigenvalue weighted by Crippen LogP contribution is -2.11. The summed E-state index contributed by atoms with van der Waals surface area (Å²) in [6, 6.07) is 4.18. The van der Waals surface area contributed by atoms with Gasteiger partial charge in [-0.25, -0.2) is 0 Å². The second kappa shape index (κ2) is 5.40. The fourth-order valence-corrected chi connectivity index (χ4v) is 2.06. The average molecular weight is 247 g/mol. The summed E-state index contributed by atoms with van der Waals surface area (Å²) in [5.41, 5.74) is 3.41. The van der Waals surface area contributed by atoms with Crippen molar-refractivity contribution in [2.45, 2.75) is 40.8 Å². The van der Waals surface area contributed by atoms with Crippen LogP contribution in [-0.2, 0) is 13.1 Å². The smallest absolute Gasteiger partial charge is 0.126 e. The van der Waals surface area contributed by atoms with Gasteiger partial charge in [0.05, 0.1) is 18.8 Å². The Hall–Kier alpha value is -1.55. The molecule has 2 aromatic rings. The van der Waals surface area contributed by atoms with Crippen LogP contribution in [0.1, 0.15) is 35.4 Å². The van der Waals surface area contributed by atoms with Gasteiger partial charge in [0.25, 0.3) is 0 Å². The van der Waals surface area contributed by atoms with E-state index in [0.29, 0.717) is 6.54 Å². The predicted molar refractivity (Wildman–Crippen MR) is 71.6 cm³/mol. The van der Waals surface area contributed by atoms with Gasteiger partial charge < -0.3 is 9.73 Å². The highest BCUT2D eigenvalue weighted by Crippen LogP contribution is 2.16. The van der Waals surface area contributed by atoms with Crippen molar-refractivity contribution in [2.75, 3.05) is 6.54 Å².